The monoisotopic (exact) mass is 452 g/mol. The number of hydrogen-bond acceptors (Lipinski definition) is 7. The average molecular weight is 453 g/mol. The van der Waals surface area contributed by atoms with E-state index in [2.05, 4.69) is 46.1 Å². The van der Waals surface area contributed by atoms with Crippen LogP contribution in [0.3, 0.4) is 0 Å². The molecule has 0 radical (unpaired) electrons. The van der Waals surface area contributed by atoms with Gasteiger partial charge in [-0.15, -0.1) is 11.3 Å². The highest BCUT2D eigenvalue weighted by atomic mass is 32.2. The van der Waals surface area contributed by atoms with Gasteiger partial charge in [-0.2, -0.15) is 5.10 Å². The lowest BCUT2D eigenvalue weighted by molar-refractivity contribution is -0.113. The largest absolute Gasteiger partial charge is 0.301 e. The molecule has 0 atom stereocenters. The van der Waals surface area contributed by atoms with E-state index in [1.54, 1.807) is 6.20 Å². The molecule has 7 nitrogen and oxygen atoms in total. The van der Waals surface area contributed by atoms with E-state index in [-0.39, 0.29) is 17.1 Å². The number of aryl methyl sites for hydroxylation is 1. The summed E-state index contributed by atoms with van der Waals surface area (Å²) in [6, 6.07) is 9.87. The number of para-hydroxylation sites is 1. The molecule has 3 aromatic heterocycles. The van der Waals surface area contributed by atoms with E-state index in [1.165, 1.54) is 23.1 Å². The molecule has 0 saturated heterocycles. The molecule has 0 aliphatic rings. The summed E-state index contributed by atoms with van der Waals surface area (Å²) in [5, 5.41) is 11.6. The Morgan fingerprint density at radius 1 is 1.16 bits per heavy atom. The van der Waals surface area contributed by atoms with Crippen LogP contribution in [0.4, 0.5) is 5.13 Å². The van der Waals surface area contributed by atoms with E-state index in [4.69, 9.17) is 0 Å². The SMILES string of the molecule is CCc1nc(SCC(=O)Nc2nc(C(C)(C)C)cs2)c2cnn(-c3ccccc3)c2n1. The first-order chi connectivity index (χ1) is 14.8. The second-order valence-electron chi connectivity index (χ2n) is 8.05. The number of nitrogens with one attached hydrogen (secondary N) is 1. The van der Waals surface area contributed by atoms with Crippen LogP contribution in [0.25, 0.3) is 16.7 Å². The van der Waals surface area contributed by atoms with Crippen LogP contribution < -0.4 is 5.32 Å². The fourth-order valence-corrected chi connectivity index (χ4v) is 4.68. The Bertz CT molecular complexity index is 1210. The minimum atomic E-state index is -0.111. The second kappa shape index (κ2) is 8.76. The number of nitrogens with zero attached hydrogens (tertiary/aromatic N) is 5. The maximum Gasteiger partial charge on any atom is 0.236 e. The zero-order valence-corrected chi connectivity index (χ0v) is 19.5. The van der Waals surface area contributed by atoms with Gasteiger partial charge in [0.25, 0.3) is 0 Å². The number of rotatable bonds is 6. The number of anilines is 1. The minimum Gasteiger partial charge on any atom is -0.301 e. The van der Waals surface area contributed by atoms with Gasteiger partial charge in [0.2, 0.25) is 5.91 Å². The second-order valence-corrected chi connectivity index (χ2v) is 9.87. The van der Waals surface area contributed by atoms with Crippen molar-refractivity contribution in [3.63, 3.8) is 0 Å². The Balaban J connectivity index is 1.53. The van der Waals surface area contributed by atoms with Crippen LogP contribution in [0.5, 0.6) is 0 Å². The van der Waals surface area contributed by atoms with Crippen LogP contribution >= 0.6 is 23.1 Å². The zero-order chi connectivity index (χ0) is 22.0. The van der Waals surface area contributed by atoms with Gasteiger partial charge < -0.3 is 5.32 Å². The predicted molar refractivity (Wildman–Crippen MR) is 126 cm³/mol. The Hall–Kier alpha value is -2.78. The number of fused-ring (bicyclic) bond motifs is 1. The molecule has 3 heterocycles. The first kappa shape index (κ1) is 21.5. The van der Waals surface area contributed by atoms with Crippen molar-refractivity contribution in [1.29, 1.82) is 0 Å². The van der Waals surface area contributed by atoms with Gasteiger partial charge >= 0.3 is 0 Å². The molecule has 0 unspecified atom stereocenters. The molecule has 4 rings (SSSR count). The lowest BCUT2D eigenvalue weighted by Crippen LogP contribution is -2.15. The molecule has 4 aromatic rings. The summed E-state index contributed by atoms with van der Waals surface area (Å²) >= 11 is 2.83. The number of carbonyl (C=O) groups excluding carboxylic acids is 1. The minimum absolute atomic E-state index is 0.0454. The maximum atomic E-state index is 12.5. The van der Waals surface area contributed by atoms with Gasteiger partial charge in [-0.1, -0.05) is 57.7 Å². The molecule has 9 heteroatoms. The molecule has 1 N–H and O–H groups in total. The lowest BCUT2D eigenvalue weighted by Gasteiger charge is -2.14. The molecule has 0 aliphatic heterocycles. The zero-order valence-electron chi connectivity index (χ0n) is 17.9. The first-order valence-electron chi connectivity index (χ1n) is 10.0. The fraction of sp³-hybridized carbons (Fsp3) is 0.318. The quantitative estimate of drug-likeness (QED) is 0.332. The van der Waals surface area contributed by atoms with Gasteiger partial charge in [-0.05, 0) is 12.1 Å². The number of thioether (sulfide) groups is 1. The molecule has 1 aromatic carbocycles. The average Bonchev–Trinajstić information content (AvgIpc) is 3.39. The molecule has 0 spiro atoms. The molecular formula is C22H24N6OS2. The topological polar surface area (TPSA) is 85.6 Å². The molecule has 0 saturated carbocycles. The van der Waals surface area contributed by atoms with Crippen LogP contribution in [0.15, 0.2) is 46.9 Å². The van der Waals surface area contributed by atoms with Crippen molar-refractivity contribution in [1.82, 2.24) is 24.7 Å². The normalized spacial score (nSPS) is 11.7. The number of hydrogen-bond donors (Lipinski definition) is 1. The van der Waals surface area contributed by atoms with E-state index >= 15 is 0 Å². The van der Waals surface area contributed by atoms with E-state index in [1.807, 2.05) is 47.3 Å². The van der Waals surface area contributed by atoms with Gasteiger partial charge in [0.15, 0.2) is 10.8 Å². The lowest BCUT2D eigenvalue weighted by atomic mass is 9.93. The molecule has 31 heavy (non-hydrogen) atoms. The molecule has 0 aliphatic carbocycles. The van der Waals surface area contributed by atoms with Crippen LogP contribution in [0, 0.1) is 0 Å². The number of benzene rings is 1. The molecule has 0 fully saturated rings. The van der Waals surface area contributed by atoms with E-state index in [0.717, 1.165) is 33.3 Å². The molecule has 160 valence electrons. The Morgan fingerprint density at radius 2 is 1.94 bits per heavy atom. The summed E-state index contributed by atoms with van der Waals surface area (Å²) in [7, 11) is 0. The van der Waals surface area contributed by atoms with Crippen LogP contribution in [-0.2, 0) is 16.6 Å². The summed E-state index contributed by atoms with van der Waals surface area (Å²) in [5.41, 5.74) is 2.61. The summed E-state index contributed by atoms with van der Waals surface area (Å²) in [5.74, 6) is 0.846. The highest BCUT2D eigenvalue weighted by Gasteiger charge is 2.19. The maximum absolute atomic E-state index is 12.5. The van der Waals surface area contributed by atoms with Gasteiger partial charge in [0, 0.05) is 17.2 Å². The Labute approximate surface area is 189 Å². The van der Waals surface area contributed by atoms with Crippen molar-refractivity contribution in [2.75, 3.05) is 11.1 Å². The smallest absolute Gasteiger partial charge is 0.236 e. The van der Waals surface area contributed by atoms with Crippen molar-refractivity contribution < 1.29 is 4.79 Å². The summed E-state index contributed by atoms with van der Waals surface area (Å²) in [6.07, 6.45) is 2.46. The standard InChI is InChI=1S/C22H24N6OS2/c1-5-17-25-19-15(11-23-28(19)14-9-7-6-8-10-14)20(26-17)30-13-18(29)27-21-24-16(12-31-21)22(2,3)4/h6-12H,5,13H2,1-4H3,(H,24,27,29). The molecule has 0 bridgehead atoms. The van der Waals surface area contributed by atoms with Gasteiger partial charge in [0.1, 0.15) is 10.9 Å². The Kier molecular flexibility index (Phi) is 6.06. The van der Waals surface area contributed by atoms with Crippen molar-refractivity contribution in [3.8, 4) is 5.69 Å². The van der Waals surface area contributed by atoms with Gasteiger partial charge in [-0.25, -0.2) is 19.6 Å². The number of carbonyl (C=O) groups is 1. The van der Waals surface area contributed by atoms with E-state index < -0.39 is 0 Å². The summed E-state index contributed by atoms with van der Waals surface area (Å²) in [4.78, 5) is 26.4. The third-order valence-electron chi connectivity index (χ3n) is 4.62. The predicted octanol–water partition coefficient (Wildman–Crippen LogP) is 4.86. The third kappa shape index (κ3) is 4.77. The van der Waals surface area contributed by atoms with Crippen molar-refractivity contribution >= 4 is 45.2 Å². The van der Waals surface area contributed by atoms with Gasteiger partial charge in [-0.3, -0.25) is 4.79 Å². The number of thiazole rings is 1. The Morgan fingerprint density at radius 3 is 2.61 bits per heavy atom. The fourth-order valence-electron chi connectivity index (χ4n) is 2.92. The highest BCUT2D eigenvalue weighted by molar-refractivity contribution is 8.00. The van der Waals surface area contributed by atoms with Crippen molar-refractivity contribution in [3.05, 3.63) is 53.4 Å². The highest BCUT2D eigenvalue weighted by Crippen LogP contribution is 2.29. The van der Waals surface area contributed by atoms with Crippen LogP contribution in [0.1, 0.15) is 39.2 Å². The summed E-state index contributed by atoms with van der Waals surface area (Å²) < 4.78 is 1.81. The molecular weight excluding hydrogens is 428 g/mol. The van der Waals surface area contributed by atoms with Gasteiger partial charge in [0.05, 0.1) is 28.7 Å². The van der Waals surface area contributed by atoms with Crippen molar-refractivity contribution in [2.45, 2.75) is 44.6 Å². The van der Waals surface area contributed by atoms with E-state index in [9.17, 15) is 4.79 Å². The first-order valence-corrected chi connectivity index (χ1v) is 11.9. The van der Waals surface area contributed by atoms with E-state index in [0.29, 0.717) is 11.6 Å². The molecule has 1 amide bonds. The number of aromatic nitrogens is 5. The third-order valence-corrected chi connectivity index (χ3v) is 6.36. The summed E-state index contributed by atoms with van der Waals surface area (Å²) in [6.45, 7) is 8.32. The van der Waals surface area contributed by atoms with Crippen molar-refractivity contribution in [2.24, 2.45) is 0 Å². The van der Waals surface area contributed by atoms with Crippen LogP contribution in [0.2, 0.25) is 0 Å². The number of amides is 1. The van der Waals surface area contributed by atoms with Crippen LogP contribution in [-0.4, -0.2) is 36.4 Å².